The lowest BCUT2D eigenvalue weighted by atomic mass is 10.1. The molecule has 0 amide bonds. The summed E-state index contributed by atoms with van der Waals surface area (Å²) in [6.07, 6.45) is 3.82. The van der Waals surface area contributed by atoms with Crippen molar-refractivity contribution in [2.45, 2.75) is 32.7 Å². The summed E-state index contributed by atoms with van der Waals surface area (Å²) in [5, 5.41) is 0. The molecule has 0 radical (unpaired) electrons. The molecule has 1 aromatic rings. The van der Waals surface area contributed by atoms with Gasteiger partial charge < -0.3 is 4.90 Å². The van der Waals surface area contributed by atoms with Crippen LogP contribution in [0.3, 0.4) is 0 Å². The molecule has 2 heterocycles. The first-order valence-electron chi connectivity index (χ1n) is 6.59. The van der Waals surface area contributed by atoms with Crippen molar-refractivity contribution in [1.29, 1.82) is 0 Å². The van der Waals surface area contributed by atoms with Gasteiger partial charge in [-0.1, -0.05) is 6.42 Å². The maximum atomic E-state index is 12.0. The van der Waals surface area contributed by atoms with Crippen LogP contribution < -0.4 is 11.2 Å². The fourth-order valence-corrected chi connectivity index (χ4v) is 2.48. The lowest BCUT2D eigenvalue weighted by molar-refractivity contribution is 0.218. The predicted octanol–water partition coefficient (Wildman–Crippen LogP) is 0.341. The predicted molar refractivity (Wildman–Crippen MR) is 71.0 cm³/mol. The average molecular weight is 251 g/mol. The van der Waals surface area contributed by atoms with Crippen LogP contribution in [0.4, 0.5) is 0 Å². The number of rotatable bonds is 3. The van der Waals surface area contributed by atoms with Crippen LogP contribution in [0.25, 0.3) is 0 Å². The smallest absolute Gasteiger partial charge is 0.302 e. The van der Waals surface area contributed by atoms with Crippen molar-refractivity contribution in [3.05, 3.63) is 32.6 Å². The third-order valence-corrected chi connectivity index (χ3v) is 3.70. The molecule has 0 saturated carbocycles. The molecular weight excluding hydrogens is 230 g/mol. The molecule has 5 heteroatoms. The third kappa shape index (κ3) is 2.72. The quantitative estimate of drug-likeness (QED) is 0.778. The lowest BCUT2D eigenvalue weighted by Crippen LogP contribution is -2.41. The summed E-state index contributed by atoms with van der Waals surface area (Å²) >= 11 is 0. The summed E-state index contributed by atoms with van der Waals surface area (Å²) in [6.45, 7) is 5.62. The molecule has 0 aliphatic carbocycles. The monoisotopic (exact) mass is 251 g/mol. The molecule has 5 nitrogen and oxygen atoms in total. The summed E-state index contributed by atoms with van der Waals surface area (Å²) < 4.78 is 2.86. The summed E-state index contributed by atoms with van der Waals surface area (Å²) in [6, 6.07) is 1.53. The minimum absolute atomic E-state index is 0.211. The van der Waals surface area contributed by atoms with Gasteiger partial charge in [0.25, 0.3) is 5.56 Å². The van der Waals surface area contributed by atoms with Gasteiger partial charge in [0, 0.05) is 31.9 Å². The minimum atomic E-state index is -0.230. The van der Waals surface area contributed by atoms with Crippen molar-refractivity contribution in [2.24, 2.45) is 7.05 Å². The molecule has 0 aromatic carbocycles. The molecular formula is C13H21N3O2. The van der Waals surface area contributed by atoms with Crippen LogP contribution in [0.5, 0.6) is 0 Å². The Labute approximate surface area is 107 Å². The average Bonchev–Trinajstić information content (AvgIpc) is 2.37. The summed E-state index contributed by atoms with van der Waals surface area (Å²) in [4.78, 5) is 25.8. The van der Waals surface area contributed by atoms with Crippen LogP contribution in [0.1, 0.15) is 25.0 Å². The molecule has 1 aliphatic rings. The second-order valence-corrected chi connectivity index (χ2v) is 5.02. The van der Waals surface area contributed by atoms with E-state index in [2.05, 4.69) is 4.90 Å². The third-order valence-electron chi connectivity index (χ3n) is 3.70. The molecule has 0 unspecified atom stereocenters. The maximum Gasteiger partial charge on any atom is 0.330 e. The number of hydrogen-bond acceptors (Lipinski definition) is 3. The van der Waals surface area contributed by atoms with Gasteiger partial charge in [-0.15, -0.1) is 0 Å². The molecule has 0 spiro atoms. The number of aromatic nitrogens is 2. The largest absolute Gasteiger partial charge is 0.330 e. The Morgan fingerprint density at radius 1 is 1.11 bits per heavy atom. The highest BCUT2D eigenvalue weighted by Gasteiger charge is 2.11. The zero-order chi connectivity index (χ0) is 13.1. The number of piperidine rings is 1. The molecule has 1 aromatic heterocycles. The highest BCUT2D eigenvalue weighted by molar-refractivity contribution is 4.99. The molecule has 1 fully saturated rings. The Kier molecular flexibility index (Phi) is 4.01. The zero-order valence-electron chi connectivity index (χ0n) is 11.2. The first-order valence-corrected chi connectivity index (χ1v) is 6.59. The van der Waals surface area contributed by atoms with Crippen molar-refractivity contribution in [1.82, 2.24) is 14.0 Å². The van der Waals surface area contributed by atoms with Crippen LogP contribution in [0.2, 0.25) is 0 Å². The lowest BCUT2D eigenvalue weighted by Gasteiger charge is -2.26. The van der Waals surface area contributed by atoms with Gasteiger partial charge in [-0.2, -0.15) is 0 Å². The normalized spacial score (nSPS) is 17.0. The molecule has 0 N–H and O–H groups in total. The SMILES string of the molecule is Cc1cc(=O)n(C)c(=O)n1CCN1CCCCC1. The minimum Gasteiger partial charge on any atom is -0.302 e. The van der Waals surface area contributed by atoms with E-state index < -0.39 is 0 Å². The number of aryl methyl sites for hydroxylation is 1. The number of likely N-dealkylation sites (tertiary alicyclic amines) is 1. The van der Waals surface area contributed by atoms with Gasteiger partial charge in [-0.05, 0) is 32.9 Å². The summed E-state index contributed by atoms with van der Waals surface area (Å²) in [5.74, 6) is 0. The van der Waals surface area contributed by atoms with Gasteiger partial charge in [0.15, 0.2) is 0 Å². The van der Waals surface area contributed by atoms with Gasteiger partial charge in [0.2, 0.25) is 0 Å². The van der Waals surface area contributed by atoms with Gasteiger partial charge in [0.05, 0.1) is 0 Å². The Bertz CT molecular complexity index is 524. The van der Waals surface area contributed by atoms with E-state index in [1.54, 1.807) is 4.57 Å². The first kappa shape index (κ1) is 13.1. The van der Waals surface area contributed by atoms with E-state index in [0.29, 0.717) is 6.54 Å². The van der Waals surface area contributed by atoms with Gasteiger partial charge >= 0.3 is 5.69 Å². The molecule has 0 atom stereocenters. The Hall–Kier alpha value is -1.36. The molecule has 1 aliphatic heterocycles. The van der Waals surface area contributed by atoms with Gasteiger partial charge in [-0.25, -0.2) is 4.79 Å². The van der Waals surface area contributed by atoms with Crippen LogP contribution in [0.15, 0.2) is 15.7 Å². The highest BCUT2D eigenvalue weighted by Crippen LogP contribution is 2.08. The van der Waals surface area contributed by atoms with Crippen molar-refractivity contribution < 1.29 is 0 Å². The molecule has 0 bridgehead atoms. The van der Waals surface area contributed by atoms with E-state index >= 15 is 0 Å². The van der Waals surface area contributed by atoms with Crippen molar-refractivity contribution in [2.75, 3.05) is 19.6 Å². The van der Waals surface area contributed by atoms with E-state index in [0.717, 1.165) is 25.3 Å². The van der Waals surface area contributed by atoms with Gasteiger partial charge in [-0.3, -0.25) is 13.9 Å². The maximum absolute atomic E-state index is 12.0. The molecule has 18 heavy (non-hydrogen) atoms. The molecule has 1 saturated heterocycles. The van der Waals surface area contributed by atoms with E-state index in [-0.39, 0.29) is 11.2 Å². The van der Waals surface area contributed by atoms with Crippen molar-refractivity contribution in [3.63, 3.8) is 0 Å². The van der Waals surface area contributed by atoms with Crippen LogP contribution in [-0.4, -0.2) is 33.7 Å². The van der Waals surface area contributed by atoms with Crippen molar-refractivity contribution in [3.8, 4) is 0 Å². The highest BCUT2D eigenvalue weighted by atomic mass is 16.2. The topological polar surface area (TPSA) is 47.2 Å². The number of nitrogens with zero attached hydrogens (tertiary/aromatic N) is 3. The fourth-order valence-electron chi connectivity index (χ4n) is 2.48. The molecule has 100 valence electrons. The zero-order valence-corrected chi connectivity index (χ0v) is 11.2. The second kappa shape index (κ2) is 5.52. The van der Waals surface area contributed by atoms with E-state index in [1.807, 2.05) is 6.92 Å². The number of hydrogen-bond donors (Lipinski definition) is 0. The van der Waals surface area contributed by atoms with Crippen molar-refractivity contribution >= 4 is 0 Å². The molecule has 2 rings (SSSR count). The first-order chi connectivity index (χ1) is 8.59. The second-order valence-electron chi connectivity index (χ2n) is 5.02. The summed E-state index contributed by atoms with van der Waals surface area (Å²) in [5.41, 5.74) is 0.309. The standard InChI is InChI=1S/C13H21N3O2/c1-11-10-12(17)14(2)13(18)16(11)9-8-15-6-4-3-5-7-15/h10H,3-9H2,1-2H3. The Balaban J connectivity index is 2.11. The Morgan fingerprint density at radius 2 is 1.78 bits per heavy atom. The fraction of sp³-hybridized carbons (Fsp3) is 0.692. The van der Waals surface area contributed by atoms with E-state index in [9.17, 15) is 9.59 Å². The van der Waals surface area contributed by atoms with Crippen LogP contribution in [-0.2, 0) is 13.6 Å². The van der Waals surface area contributed by atoms with Crippen LogP contribution >= 0.6 is 0 Å². The van der Waals surface area contributed by atoms with Crippen LogP contribution in [0, 0.1) is 6.92 Å². The Morgan fingerprint density at radius 3 is 2.44 bits per heavy atom. The summed E-state index contributed by atoms with van der Waals surface area (Å²) in [7, 11) is 1.53. The van der Waals surface area contributed by atoms with E-state index in [1.165, 1.54) is 36.9 Å². The van der Waals surface area contributed by atoms with Gasteiger partial charge in [0.1, 0.15) is 0 Å². The van der Waals surface area contributed by atoms with E-state index in [4.69, 9.17) is 0 Å².